The van der Waals surface area contributed by atoms with Crippen molar-refractivity contribution in [3.8, 4) is 0 Å². The van der Waals surface area contributed by atoms with Gasteiger partial charge < -0.3 is 10.6 Å². The predicted octanol–water partition coefficient (Wildman–Crippen LogP) is 3.89. The Morgan fingerprint density at radius 2 is 2.12 bits per heavy atom. The van der Waals surface area contributed by atoms with Crippen LogP contribution in [0.5, 0.6) is 0 Å². The molecule has 128 valence electrons. The molecule has 3 rings (SSSR count). The van der Waals surface area contributed by atoms with Crippen molar-refractivity contribution in [3.63, 3.8) is 0 Å². The van der Waals surface area contributed by atoms with Gasteiger partial charge in [0.25, 0.3) is 5.91 Å². The van der Waals surface area contributed by atoms with E-state index in [0.29, 0.717) is 34.6 Å². The lowest BCUT2D eigenvalue weighted by Gasteiger charge is -2.20. The summed E-state index contributed by atoms with van der Waals surface area (Å²) >= 11 is 13.6. The van der Waals surface area contributed by atoms with Crippen molar-refractivity contribution >= 4 is 40.4 Å². The fourth-order valence-electron chi connectivity index (χ4n) is 2.77. The zero-order valence-corrected chi connectivity index (χ0v) is 15.5. The lowest BCUT2D eigenvalue weighted by Crippen LogP contribution is -2.27. The number of nitrogens with one attached hydrogen (secondary N) is 2. The molecule has 1 aliphatic rings. The van der Waals surface area contributed by atoms with Gasteiger partial charge in [-0.3, -0.25) is 4.79 Å². The molecule has 24 heavy (non-hydrogen) atoms. The second-order valence-electron chi connectivity index (χ2n) is 5.84. The maximum Gasteiger partial charge on any atom is 0.270 e. The molecule has 2 N–H and O–H groups in total. The molecule has 1 aromatic carbocycles. The minimum Gasteiger partial charge on any atom is -0.350 e. The molecule has 1 fully saturated rings. The molecule has 0 unspecified atom stereocenters. The highest BCUT2D eigenvalue weighted by Gasteiger charge is 2.20. The largest absolute Gasteiger partial charge is 0.350 e. The smallest absolute Gasteiger partial charge is 0.270 e. The van der Waals surface area contributed by atoms with E-state index in [2.05, 4.69) is 15.6 Å². The van der Waals surface area contributed by atoms with Gasteiger partial charge in [-0.2, -0.15) is 0 Å². The van der Waals surface area contributed by atoms with Gasteiger partial charge in [0, 0.05) is 27.9 Å². The van der Waals surface area contributed by atoms with Crippen molar-refractivity contribution in [1.82, 2.24) is 15.6 Å². The molecule has 2 heterocycles. The van der Waals surface area contributed by atoms with Crippen LogP contribution >= 0.6 is 34.5 Å². The first-order valence-electron chi connectivity index (χ1n) is 8.02. The number of carbonyl (C=O) groups excluding carboxylic acids is 1. The van der Waals surface area contributed by atoms with Crippen LogP contribution in [-0.2, 0) is 6.42 Å². The Balaban J connectivity index is 1.52. The normalized spacial score (nSPS) is 15.4. The number of piperidine rings is 1. The molecule has 1 aromatic heterocycles. The first-order valence-corrected chi connectivity index (χ1v) is 9.65. The highest BCUT2D eigenvalue weighted by molar-refractivity contribution is 7.09. The molecule has 2 aromatic rings. The summed E-state index contributed by atoms with van der Waals surface area (Å²) in [5.41, 5.74) is 1.48. The van der Waals surface area contributed by atoms with Gasteiger partial charge in [-0.15, -0.1) is 11.3 Å². The van der Waals surface area contributed by atoms with Crippen LogP contribution in [0.4, 0.5) is 0 Å². The van der Waals surface area contributed by atoms with Crippen LogP contribution in [0.3, 0.4) is 0 Å². The third kappa shape index (κ3) is 4.48. The quantitative estimate of drug-likeness (QED) is 0.823. The number of benzene rings is 1. The Hall–Kier alpha value is -1.14. The number of thiazole rings is 1. The molecule has 0 atom stereocenters. The van der Waals surface area contributed by atoms with E-state index in [9.17, 15) is 4.79 Å². The molecular weight excluding hydrogens is 365 g/mol. The van der Waals surface area contributed by atoms with Gasteiger partial charge in [0.1, 0.15) is 5.69 Å². The maximum absolute atomic E-state index is 12.2. The van der Waals surface area contributed by atoms with E-state index < -0.39 is 0 Å². The van der Waals surface area contributed by atoms with Crippen LogP contribution < -0.4 is 10.6 Å². The fraction of sp³-hybridized carbons (Fsp3) is 0.412. The fourth-order valence-corrected chi connectivity index (χ4v) is 4.25. The zero-order valence-electron chi connectivity index (χ0n) is 13.1. The number of hydrogen-bond acceptors (Lipinski definition) is 4. The molecule has 0 radical (unpaired) electrons. The predicted molar refractivity (Wildman–Crippen MR) is 99.5 cm³/mol. The first-order chi connectivity index (χ1) is 11.6. The molecule has 0 aliphatic carbocycles. The van der Waals surface area contributed by atoms with Gasteiger partial charge in [-0.05, 0) is 50.0 Å². The standard InChI is InChI=1S/C17H19Cl2N3OS/c18-13-2-1-11(14(19)9-13)5-8-21-16(23)15-10-24-17(22-15)12-3-6-20-7-4-12/h1-2,9-10,12,20H,3-8H2,(H,21,23). The average molecular weight is 384 g/mol. The van der Waals surface area contributed by atoms with Crippen LogP contribution in [0.2, 0.25) is 10.0 Å². The summed E-state index contributed by atoms with van der Waals surface area (Å²) in [6.07, 6.45) is 2.83. The lowest BCUT2D eigenvalue weighted by molar-refractivity contribution is 0.0949. The lowest BCUT2D eigenvalue weighted by atomic mass is 9.99. The van der Waals surface area contributed by atoms with Gasteiger partial charge in [0.2, 0.25) is 0 Å². The maximum atomic E-state index is 12.2. The molecule has 1 aliphatic heterocycles. The van der Waals surface area contributed by atoms with E-state index >= 15 is 0 Å². The second-order valence-corrected chi connectivity index (χ2v) is 7.57. The van der Waals surface area contributed by atoms with Gasteiger partial charge >= 0.3 is 0 Å². The summed E-state index contributed by atoms with van der Waals surface area (Å²) in [5, 5.41) is 10.4. The third-order valence-corrected chi connectivity index (χ3v) is 5.73. The Labute approximate surface area is 155 Å². The Bertz CT molecular complexity index is 714. The average Bonchev–Trinajstić information content (AvgIpc) is 3.08. The second kappa shape index (κ2) is 8.30. The van der Waals surface area contributed by atoms with E-state index in [1.807, 2.05) is 11.4 Å². The summed E-state index contributed by atoms with van der Waals surface area (Å²) < 4.78 is 0. The number of rotatable bonds is 5. The Morgan fingerprint density at radius 3 is 2.88 bits per heavy atom. The molecule has 7 heteroatoms. The number of amides is 1. The van der Waals surface area contributed by atoms with Crippen molar-refractivity contribution in [3.05, 3.63) is 49.9 Å². The Kier molecular flexibility index (Phi) is 6.11. The van der Waals surface area contributed by atoms with E-state index in [4.69, 9.17) is 23.2 Å². The van der Waals surface area contributed by atoms with Gasteiger partial charge in [-0.25, -0.2) is 4.98 Å². The molecule has 1 amide bonds. The van der Waals surface area contributed by atoms with Crippen molar-refractivity contribution < 1.29 is 4.79 Å². The highest BCUT2D eigenvalue weighted by atomic mass is 35.5. The number of aromatic nitrogens is 1. The SMILES string of the molecule is O=C(NCCc1ccc(Cl)cc1Cl)c1csc(C2CCNCC2)n1. The topological polar surface area (TPSA) is 54.0 Å². The molecule has 0 bridgehead atoms. The van der Waals surface area contributed by atoms with Gasteiger partial charge in [0.15, 0.2) is 0 Å². The summed E-state index contributed by atoms with van der Waals surface area (Å²) in [5.74, 6) is 0.349. The number of hydrogen-bond donors (Lipinski definition) is 2. The van der Waals surface area contributed by atoms with Crippen molar-refractivity contribution in [2.75, 3.05) is 19.6 Å². The number of carbonyl (C=O) groups is 1. The third-order valence-electron chi connectivity index (χ3n) is 4.14. The number of nitrogens with zero attached hydrogens (tertiary/aromatic N) is 1. The molecule has 4 nitrogen and oxygen atoms in total. The highest BCUT2D eigenvalue weighted by Crippen LogP contribution is 2.27. The van der Waals surface area contributed by atoms with E-state index in [0.717, 1.165) is 36.5 Å². The summed E-state index contributed by atoms with van der Waals surface area (Å²) in [7, 11) is 0. The first kappa shape index (κ1) is 17.7. The van der Waals surface area contributed by atoms with Crippen LogP contribution in [0, 0.1) is 0 Å². The summed E-state index contributed by atoms with van der Waals surface area (Å²) in [6, 6.07) is 5.40. The minimum absolute atomic E-state index is 0.128. The molecular formula is C17H19Cl2N3OS. The zero-order chi connectivity index (χ0) is 16.9. The molecule has 0 spiro atoms. The van der Waals surface area contributed by atoms with Crippen LogP contribution in [0.25, 0.3) is 0 Å². The molecule has 0 saturated carbocycles. The minimum atomic E-state index is -0.128. The summed E-state index contributed by atoms with van der Waals surface area (Å²) in [6.45, 7) is 2.56. The van der Waals surface area contributed by atoms with Crippen LogP contribution in [-0.4, -0.2) is 30.5 Å². The summed E-state index contributed by atoms with van der Waals surface area (Å²) in [4.78, 5) is 16.8. The van der Waals surface area contributed by atoms with Crippen molar-refractivity contribution in [1.29, 1.82) is 0 Å². The van der Waals surface area contributed by atoms with Gasteiger partial charge in [0.05, 0.1) is 5.01 Å². The van der Waals surface area contributed by atoms with E-state index in [1.54, 1.807) is 23.5 Å². The van der Waals surface area contributed by atoms with Crippen molar-refractivity contribution in [2.24, 2.45) is 0 Å². The monoisotopic (exact) mass is 383 g/mol. The number of halogens is 2. The van der Waals surface area contributed by atoms with E-state index in [1.165, 1.54) is 0 Å². The van der Waals surface area contributed by atoms with Crippen LogP contribution in [0.1, 0.15) is 39.8 Å². The van der Waals surface area contributed by atoms with E-state index in [-0.39, 0.29) is 5.91 Å². The van der Waals surface area contributed by atoms with Gasteiger partial charge in [-0.1, -0.05) is 29.3 Å². The van der Waals surface area contributed by atoms with Crippen LogP contribution in [0.15, 0.2) is 23.6 Å². The molecule has 1 saturated heterocycles. The Morgan fingerprint density at radius 1 is 1.33 bits per heavy atom. The van der Waals surface area contributed by atoms with Crippen molar-refractivity contribution in [2.45, 2.75) is 25.2 Å².